The fourth-order valence-electron chi connectivity index (χ4n) is 2.95. The summed E-state index contributed by atoms with van der Waals surface area (Å²) in [7, 11) is 0. The molecule has 0 amide bonds. The van der Waals surface area contributed by atoms with Crippen molar-refractivity contribution in [2.45, 2.75) is 63.8 Å². The summed E-state index contributed by atoms with van der Waals surface area (Å²) >= 11 is 1.67. The Balaban J connectivity index is 1.70. The molecule has 0 aromatic carbocycles. The lowest BCUT2D eigenvalue weighted by atomic mass is 9.90. The van der Waals surface area contributed by atoms with Gasteiger partial charge in [0.1, 0.15) is 11.3 Å². The maximum atomic E-state index is 10.1. The summed E-state index contributed by atoms with van der Waals surface area (Å²) in [4.78, 5) is 5.37. The van der Waals surface area contributed by atoms with Crippen molar-refractivity contribution in [1.82, 2.24) is 25.3 Å². The van der Waals surface area contributed by atoms with E-state index in [-0.39, 0.29) is 0 Å². The first kappa shape index (κ1) is 15.6. The second-order valence-corrected chi connectivity index (χ2v) is 7.42. The van der Waals surface area contributed by atoms with Gasteiger partial charge in [-0.2, -0.15) is 0 Å². The van der Waals surface area contributed by atoms with Gasteiger partial charge in [0, 0.05) is 23.7 Å². The van der Waals surface area contributed by atoms with Crippen LogP contribution < -0.4 is 5.32 Å². The van der Waals surface area contributed by atoms with E-state index in [1.807, 2.05) is 22.6 Å². The SMILES string of the molecule is CC(C)(O)c1cn([C@@H]2CCCC[C@@H]2NCc2cncs2)nn1. The van der Waals surface area contributed by atoms with Crippen LogP contribution in [0.25, 0.3) is 0 Å². The molecule has 6 nitrogen and oxygen atoms in total. The average Bonchev–Trinajstić information content (AvgIpc) is 3.16. The standard InChI is InChI=1S/C15H23N5OS/c1-15(2,21)14-9-20(19-18-14)13-6-4-3-5-12(13)17-8-11-7-16-10-22-11/h7,9-10,12-13,17,21H,3-6,8H2,1-2H3/t12-,13+/m0/s1. The summed E-state index contributed by atoms with van der Waals surface area (Å²) in [5, 5.41) is 22.1. The number of nitrogens with zero attached hydrogens (tertiary/aromatic N) is 4. The molecule has 1 aliphatic carbocycles. The summed E-state index contributed by atoms with van der Waals surface area (Å²) in [6.45, 7) is 4.32. The molecule has 0 aliphatic heterocycles. The van der Waals surface area contributed by atoms with Crippen molar-refractivity contribution < 1.29 is 5.11 Å². The summed E-state index contributed by atoms with van der Waals surface area (Å²) in [5.41, 5.74) is 1.54. The number of hydrogen-bond donors (Lipinski definition) is 2. The Labute approximate surface area is 134 Å². The van der Waals surface area contributed by atoms with E-state index >= 15 is 0 Å². The van der Waals surface area contributed by atoms with Crippen molar-refractivity contribution in [2.75, 3.05) is 0 Å². The smallest absolute Gasteiger partial charge is 0.114 e. The van der Waals surface area contributed by atoms with E-state index in [9.17, 15) is 5.11 Å². The Morgan fingerprint density at radius 1 is 1.41 bits per heavy atom. The third-order valence-electron chi connectivity index (χ3n) is 4.23. The topological polar surface area (TPSA) is 75.9 Å². The molecule has 1 fully saturated rings. The fraction of sp³-hybridized carbons (Fsp3) is 0.667. The Morgan fingerprint density at radius 3 is 2.91 bits per heavy atom. The lowest BCUT2D eigenvalue weighted by Gasteiger charge is -2.32. The molecule has 120 valence electrons. The van der Waals surface area contributed by atoms with Crippen molar-refractivity contribution in [3.63, 3.8) is 0 Å². The largest absolute Gasteiger partial charge is 0.384 e. The van der Waals surface area contributed by atoms with E-state index in [0.717, 1.165) is 19.4 Å². The number of rotatable bonds is 5. The minimum Gasteiger partial charge on any atom is -0.384 e. The molecule has 0 bridgehead atoms. The van der Waals surface area contributed by atoms with Crippen molar-refractivity contribution in [2.24, 2.45) is 0 Å². The Kier molecular flexibility index (Phi) is 4.56. The summed E-state index contributed by atoms with van der Waals surface area (Å²) in [6, 6.07) is 0.678. The highest BCUT2D eigenvalue weighted by Crippen LogP contribution is 2.29. The highest BCUT2D eigenvalue weighted by Gasteiger charge is 2.29. The van der Waals surface area contributed by atoms with Gasteiger partial charge in [0.25, 0.3) is 0 Å². The van der Waals surface area contributed by atoms with Gasteiger partial charge in [-0.1, -0.05) is 18.1 Å². The second-order valence-electron chi connectivity index (χ2n) is 6.45. The Bertz CT molecular complexity index is 589. The third kappa shape index (κ3) is 3.53. The molecule has 1 saturated carbocycles. The Morgan fingerprint density at radius 2 is 2.23 bits per heavy atom. The molecule has 2 N–H and O–H groups in total. The average molecular weight is 321 g/mol. The molecule has 1 aliphatic rings. The number of aliphatic hydroxyl groups is 1. The molecule has 0 spiro atoms. The third-order valence-corrected chi connectivity index (χ3v) is 5.01. The zero-order chi connectivity index (χ0) is 15.6. The van der Waals surface area contributed by atoms with Crippen LogP contribution in [0.15, 0.2) is 17.9 Å². The second kappa shape index (κ2) is 6.44. The van der Waals surface area contributed by atoms with E-state index in [2.05, 4.69) is 20.6 Å². The number of aromatic nitrogens is 4. The van der Waals surface area contributed by atoms with Gasteiger partial charge in [0.15, 0.2) is 0 Å². The summed E-state index contributed by atoms with van der Waals surface area (Å²) in [6.07, 6.45) is 8.48. The van der Waals surface area contributed by atoms with E-state index in [1.165, 1.54) is 17.7 Å². The first-order chi connectivity index (χ1) is 10.5. The van der Waals surface area contributed by atoms with Gasteiger partial charge in [-0.15, -0.1) is 16.4 Å². The van der Waals surface area contributed by atoms with E-state index < -0.39 is 5.60 Å². The lowest BCUT2D eigenvalue weighted by molar-refractivity contribution is 0.0736. The maximum Gasteiger partial charge on any atom is 0.114 e. The highest BCUT2D eigenvalue weighted by molar-refractivity contribution is 7.09. The molecule has 2 aromatic heterocycles. The van der Waals surface area contributed by atoms with Crippen LogP contribution in [0.4, 0.5) is 0 Å². The summed E-state index contributed by atoms with van der Waals surface area (Å²) < 4.78 is 1.93. The van der Waals surface area contributed by atoms with Gasteiger partial charge in [-0.3, -0.25) is 4.98 Å². The van der Waals surface area contributed by atoms with Crippen molar-refractivity contribution in [3.05, 3.63) is 28.5 Å². The van der Waals surface area contributed by atoms with E-state index in [1.54, 1.807) is 25.2 Å². The zero-order valence-electron chi connectivity index (χ0n) is 13.1. The van der Waals surface area contributed by atoms with Gasteiger partial charge in [0.05, 0.1) is 17.7 Å². The van der Waals surface area contributed by atoms with Gasteiger partial charge in [-0.05, 0) is 26.7 Å². The highest BCUT2D eigenvalue weighted by atomic mass is 32.1. The lowest BCUT2D eigenvalue weighted by Crippen LogP contribution is -2.39. The quantitative estimate of drug-likeness (QED) is 0.883. The first-order valence-corrected chi connectivity index (χ1v) is 8.67. The van der Waals surface area contributed by atoms with Crippen LogP contribution in [0.1, 0.15) is 56.1 Å². The predicted octanol–water partition coefficient (Wildman–Crippen LogP) is 2.24. The molecule has 2 atom stereocenters. The van der Waals surface area contributed by atoms with Crippen LogP contribution >= 0.6 is 11.3 Å². The minimum absolute atomic E-state index is 0.297. The maximum absolute atomic E-state index is 10.1. The minimum atomic E-state index is -0.946. The molecule has 22 heavy (non-hydrogen) atoms. The van der Waals surface area contributed by atoms with Crippen LogP contribution in [0.3, 0.4) is 0 Å². The molecule has 3 rings (SSSR count). The molecular weight excluding hydrogens is 298 g/mol. The molecule has 7 heteroatoms. The van der Waals surface area contributed by atoms with Crippen molar-refractivity contribution in [3.8, 4) is 0 Å². The van der Waals surface area contributed by atoms with E-state index in [0.29, 0.717) is 17.8 Å². The molecule has 0 saturated heterocycles. The van der Waals surface area contributed by atoms with Crippen molar-refractivity contribution >= 4 is 11.3 Å². The van der Waals surface area contributed by atoms with Gasteiger partial charge >= 0.3 is 0 Å². The van der Waals surface area contributed by atoms with Crippen LogP contribution in [0.5, 0.6) is 0 Å². The van der Waals surface area contributed by atoms with Crippen LogP contribution in [-0.2, 0) is 12.1 Å². The molecule has 0 radical (unpaired) electrons. The molecule has 2 aromatic rings. The number of hydrogen-bond acceptors (Lipinski definition) is 6. The summed E-state index contributed by atoms with van der Waals surface area (Å²) in [5.74, 6) is 0. The monoisotopic (exact) mass is 321 g/mol. The van der Waals surface area contributed by atoms with Crippen LogP contribution in [0.2, 0.25) is 0 Å². The normalized spacial score (nSPS) is 22.9. The predicted molar refractivity (Wildman–Crippen MR) is 85.5 cm³/mol. The fourth-order valence-corrected chi connectivity index (χ4v) is 3.49. The van der Waals surface area contributed by atoms with Gasteiger partial charge in [-0.25, -0.2) is 4.68 Å². The zero-order valence-corrected chi connectivity index (χ0v) is 13.9. The molecule has 0 unspecified atom stereocenters. The number of thiazole rings is 1. The molecular formula is C15H23N5OS. The van der Waals surface area contributed by atoms with Gasteiger partial charge in [0.2, 0.25) is 0 Å². The van der Waals surface area contributed by atoms with E-state index in [4.69, 9.17) is 0 Å². The number of nitrogens with one attached hydrogen (secondary N) is 1. The van der Waals surface area contributed by atoms with Gasteiger partial charge < -0.3 is 10.4 Å². The first-order valence-electron chi connectivity index (χ1n) is 7.79. The van der Waals surface area contributed by atoms with Crippen LogP contribution in [-0.4, -0.2) is 31.1 Å². The van der Waals surface area contributed by atoms with Crippen molar-refractivity contribution in [1.29, 1.82) is 0 Å². The molecule has 2 heterocycles. The Hall–Kier alpha value is -1.31. The van der Waals surface area contributed by atoms with Crippen LogP contribution in [0, 0.1) is 0 Å².